The van der Waals surface area contributed by atoms with Crippen LogP contribution in [0.3, 0.4) is 0 Å². The first-order chi connectivity index (χ1) is 14.1. The molecule has 2 fully saturated rings. The predicted molar refractivity (Wildman–Crippen MR) is 114 cm³/mol. The molecule has 0 radical (unpaired) electrons. The number of nitrogens with zero attached hydrogens (tertiary/aromatic N) is 2. The summed E-state index contributed by atoms with van der Waals surface area (Å²) in [6.45, 7) is 5.31. The van der Waals surface area contributed by atoms with Gasteiger partial charge in [0.2, 0.25) is 0 Å². The Morgan fingerprint density at radius 3 is 2.45 bits per heavy atom. The van der Waals surface area contributed by atoms with Gasteiger partial charge in [-0.15, -0.1) is 0 Å². The second-order valence-corrected chi connectivity index (χ2v) is 9.20. The Bertz CT molecular complexity index is 746. The maximum absolute atomic E-state index is 13.2. The van der Waals surface area contributed by atoms with Crippen molar-refractivity contribution < 1.29 is 19.7 Å². The van der Waals surface area contributed by atoms with Gasteiger partial charge in [-0.3, -0.25) is 9.69 Å². The first-order valence-electron chi connectivity index (χ1n) is 10.5. The number of β-amino-alcohol motifs (C(OH)–C–C–N with tert-alkyl or cyclic N) is 1. The Balaban J connectivity index is 1.45. The van der Waals surface area contributed by atoms with E-state index in [0.717, 1.165) is 42.8 Å². The van der Waals surface area contributed by atoms with Gasteiger partial charge in [0.05, 0.1) is 30.5 Å². The maximum Gasteiger partial charge on any atom is 0.173 e. The molecule has 7 heteroatoms. The summed E-state index contributed by atoms with van der Waals surface area (Å²) in [6.07, 6.45) is 2.21. The van der Waals surface area contributed by atoms with Crippen molar-refractivity contribution in [1.29, 1.82) is 0 Å². The van der Waals surface area contributed by atoms with Gasteiger partial charge in [0.15, 0.2) is 5.78 Å². The smallest absolute Gasteiger partial charge is 0.173 e. The summed E-state index contributed by atoms with van der Waals surface area (Å²) in [4.78, 5) is 17.8. The average Bonchev–Trinajstić information content (AvgIpc) is 2.73. The average molecular weight is 465 g/mol. The Morgan fingerprint density at radius 2 is 1.76 bits per heavy atom. The quantitative estimate of drug-likeness (QED) is 0.691. The molecule has 4 rings (SSSR count). The van der Waals surface area contributed by atoms with E-state index >= 15 is 0 Å². The van der Waals surface area contributed by atoms with E-state index in [1.165, 1.54) is 0 Å². The minimum absolute atomic E-state index is 0.0650. The van der Waals surface area contributed by atoms with Crippen LogP contribution in [0, 0.1) is 11.8 Å². The number of ether oxygens (including phenoxy) is 1. The normalized spacial score (nSPS) is 31.1. The maximum atomic E-state index is 13.2. The van der Waals surface area contributed by atoms with E-state index in [4.69, 9.17) is 9.84 Å². The largest absolute Gasteiger partial charge is 0.496 e. The third kappa shape index (κ3) is 4.59. The van der Waals surface area contributed by atoms with Crippen molar-refractivity contribution in [1.82, 2.24) is 9.80 Å². The molecule has 158 valence electrons. The lowest BCUT2D eigenvalue weighted by atomic mass is 9.72. The van der Waals surface area contributed by atoms with Crippen molar-refractivity contribution in [3.63, 3.8) is 0 Å². The van der Waals surface area contributed by atoms with E-state index in [1.807, 2.05) is 24.3 Å². The van der Waals surface area contributed by atoms with Crippen LogP contribution in [0.2, 0.25) is 0 Å². The Kier molecular flexibility index (Phi) is 6.71. The Morgan fingerprint density at radius 1 is 1.07 bits per heavy atom. The summed E-state index contributed by atoms with van der Waals surface area (Å²) in [6, 6.07) is 7.72. The summed E-state index contributed by atoms with van der Waals surface area (Å²) in [5, 5.41) is 19.8. The third-order valence-corrected chi connectivity index (χ3v) is 7.07. The topological polar surface area (TPSA) is 73.2 Å². The minimum atomic E-state index is -0.442. The first kappa shape index (κ1) is 21.0. The van der Waals surface area contributed by atoms with Crippen molar-refractivity contribution in [2.24, 2.45) is 11.8 Å². The molecular formula is C22H29BrN2O4. The predicted octanol–water partition coefficient (Wildman–Crippen LogP) is 1.75. The van der Waals surface area contributed by atoms with Crippen LogP contribution in [-0.2, 0) is 9.53 Å². The number of hydrogen-bond acceptors (Lipinski definition) is 6. The molecule has 1 aromatic rings. The number of Topliss-reactive ketones (excluding diaryl/α,β-unsaturated/α-hetero) is 1. The number of hydrogen-bond donors (Lipinski definition) is 2. The fourth-order valence-electron chi connectivity index (χ4n) is 4.83. The number of carbonyl (C=O) groups excluding carboxylic acids is 1. The van der Waals surface area contributed by atoms with Crippen LogP contribution >= 0.6 is 15.9 Å². The molecule has 1 aliphatic carbocycles. The van der Waals surface area contributed by atoms with Crippen molar-refractivity contribution in [3.8, 4) is 0 Å². The van der Waals surface area contributed by atoms with Crippen LogP contribution in [0.15, 0.2) is 35.0 Å². The van der Waals surface area contributed by atoms with Crippen LogP contribution < -0.4 is 0 Å². The number of fused-ring (bicyclic) bond motifs is 1. The van der Waals surface area contributed by atoms with Gasteiger partial charge >= 0.3 is 0 Å². The molecular weight excluding hydrogens is 436 g/mol. The standard InChI is InChI=1S/C22H29BrN2O4/c23-16-3-1-15(2-4-16)19-14-29-22-17(21(19)28)5-6-20(27)18(22)13-25-9-7-24(8-10-25)11-12-26/h1-4,14,17-18,20,22,26-27H,5-13H2. The number of halogens is 1. The van der Waals surface area contributed by atoms with Crippen LogP contribution in [0.4, 0.5) is 0 Å². The SMILES string of the molecule is O=C1C(c2ccc(Br)cc2)=COC2C1CCC(O)C2CN1CCN(CCO)CC1. The highest BCUT2D eigenvalue weighted by molar-refractivity contribution is 9.10. The van der Waals surface area contributed by atoms with E-state index in [2.05, 4.69) is 25.7 Å². The molecule has 2 aliphatic heterocycles. The van der Waals surface area contributed by atoms with E-state index in [0.29, 0.717) is 25.0 Å². The van der Waals surface area contributed by atoms with Gasteiger partial charge in [-0.25, -0.2) is 0 Å². The summed E-state index contributed by atoms with van der Waals surface area (Å²) in [7, 11) is 0. The van der Waals surface area contributed by atoms with Crippen LogP contribution in [-0.4, -0.2) is 83.9 Å². The number of allylic oxidation sites excluding steroid dienone is 1. The summed E-state index contributed by atoms with van der Waals surface area (Å²) in [5.41, 5.74) is 1.51. The molecule has 0 bridgehead atoms. The van der Waals surface area contributed by atoms with Crippen LogP contribution in [0.1, 0.15) is 18.4 Å². The molecule has 0 amide bonds. The summed E-state index contributed by atoms with van der Waals surface area (Å²) >= 11 is 3.43. The second-order valence-electron chi connectivity index (χ2n) is 8.28. The highest BCUT2D eigenvalue weighted by Gasteiger charge is 2.46. The summed E-state index contributed by atoms with van der Waals surface area (Å²) < 4.78 is 7.08. The molecule has 4 unspecified atom stereocenters. The molecule has 2 N–H and O–H groups in total. The number of ketones is 1. The number of aliphatic hydroxyl groups is 2. The number of aliphatic hydroxyl groups excluding tert-OH is 2. The van der Waals surface area contributed by atoms with E-state index in [1.54, 1.807) is 6.26 Å². The lowest BCUT2D eigenvalue weighted by molar-refractivity contribution is -0.134. The fourth-order valence-corrected chi connectivity index (χ4v) is 5.09. The molecule has 0 aromatic heterocycles. The fraction of sp³-hybridized carbons (Fsp3) is 0.591. The number of carbonyl (C=O) groups is 1. The van der Waals surface area contributed by atoms with Crippen molar-refractivity contribution in [2.45, 2.75) is 25.0 Å². The van der Waals surface area contributed by atoms with Gasteiger partial charge in [-0.2, -0.15) is 0 Å². The molecule has 1 aromatic carbocycles. The third-order valence-electron chi connectivity index (χ3n) is 6.54. The minimum Gasteiger partial charge on any atom is -0.496 e. The van der Waals surface area contributed by atoms with Crippen molar-refractivity contribution >= 4 is 27.3 Å². The number of benzene rings is 1. The van der Waals surface area contributed by atoms with Gasteiger partial charge in [0.25, 0.3) is 0 Å². The molecule has 1 saturated heterocycles. The zero-order chi connectivity index (χ0) is 20.4. The monoisotopic (exact) mass is 464 g/mol. The molecule has 29 heavy (non-hydrogen) atoms. The molecule has 1 saturated carbocycles. The van der Waals surface area contributed by atoms with Crippen molar-refractivity contribution in [3.05, 3.63) is 40.6 Å². The van der Waals surface area contributed by atoms with E-state index in [9.17, 15) is 9.90 Å². The van der Waals surface area contributed by atoms with E-state index < -0.39 is 6.10 Å². The lowest BCUT2D eigenvalue weighted by Gasteiger charge is -2.45. The zero-order valence-electron chi connectivity index (χ0n) is 16.5. The second kappa shape index (κ2) is 9.27. The van der Waals surface area contributed by atoms with Gasteiger partial charge in [0, 0.05) is 49.7 Å². The molecule has 3 aliphatic rings. The Hall–Kier alpha value is -1.25. The van der Waals surface area contributed by atoms with Crippen LogP contribution in [0.5, 0.6) is 0 Å². The zero-order valence-corrected chi connectivity index (χ0v) is 18.1. The highest BCUT2D eigenvalue weighted by atomic mass is 79.9. The van der Waals surface area contributed by atoms with Crippen molar-refractivity contribution in [2.75, 3.05) is 45.9 Å². The Labute approximate surface area is 180 Å². The molecule has 4 atom stereocenters. The lowest BCUT2D eigenvalue weighted by Crippen LogP contribution is -2.55. The molecule has 2 heterocycles. The number of piperazine rings is 1. The van der Waals surface area contributed by atoms with Gasteiger partial charge < -0.3 is 19.8 Å². The van der Waals surface area contributed by atoms with Gasteiger partial charge in [-0.1, -0.05) is 28.1 Å². The number of rotatable bonds is 5. The summed E-state index contributed by atoms with van der Waals surface area (Å²) in [5.74, 6) is -0.124. The molecule has 0 spiro atoms. The van der Waals surface area contributed by atoms with Gasteiger partial charge in [-0.05, 0) is 30.5 Å². The molecule has 6 nitrogen and oxygen atoms in total. The highest BCUT2D eigenvalue weighted by Crippen LogP contribution is 2.40. The van der Waals surface area contributed by atoms with E-state index in [-0.39, 0.29) is 30.3 Å². The van der Waals surface area contributed by atoms with Crippen LogP contribution in [0.25, 0.3) is 5.57 Å². The first-order valence-corrected chi connectivity index (χ1v) is 11.3. The van der Waals surface area contributed by atoms with Gasteiger partial charge in [0.1, 0.15) is 6.10 Å².